The summed E-state index contributed by atoms with van der Waals surface area (Å²) < 4.78 is 0. The monoisotopic (exact) mass is 306 g/mol. The minimum Gasteiger partial charge on any atom is -0.365 e. The Bertz CT molecular complexity index is 764. The zero-order valence-corrected chi connectivity index (χ0v) is 13.2. The molecule has 0 fully saturated rings. The Labute approximate surface area is 135 Å². The van der Waals surface area contributed by atoms with Gasteiger partial charge >= 0.3 is 0 Å². The fourth-order valence-electron chi connectivity index (χ4n) is 3.06. The maximum atomic E-state index is 4.82. The molecule has 2 nitrogen and oxygen atoms in total. The molecule has 0 aliphatic carbocycles. The van der Waals surface area contributed by atoms with Gasteiger partial charge in [0.05, 0.1) is 12.2 Å². The lowest BCUT2D eigenvalue weighted by molar-refractivity contribution is 0.686. The van der Waals surface area contributed by atoms with E-state index in [1.807, 2.05) is 6.07 Å². The van der Waals surface area contributed by atoms with Crippen LogP contribution >= 0.6 is 11.3 Å². The van der Waals surface area contributed by atoms with Crippen molar-refractivity contribution in [1.82, 2.24) is 4.98 Å². The number of aryl methyl sites for hydroxylation is 1. The molecule has 110 valence electrons. The predicted octanol–water partition coefficient (Wildman–Crippen LogP) is 4.76. The van der Waals surface area contributed by atoms with E-state index in [1.54, 1.807) is 11.3 Å². The van der Waals surface area contributed by atoms with Gasteiger partial charge in [0.2, 0.25) is 0 Å². The average molecular weight is 306 g/mol. The van der Waals surface area contributed by atoms with Crippen LogP contribution in [-0.2, 0) is 13.0 Å². The third-order valence-electron chi connectivity index (χ3n) is 4.13. The molecule has 1 aromatic heterocycles. The number of nitrogens with zero attached hydrogens (tertiary/aromatic N) is 2. The van der Waals surface area contributed by atoms with Gasteiger partial charge < -0.3 is 4.90 Å². The van der Waals surface area contributed by atoms with Crippen molar-refractivity contribution in [3.63, 3.8) is 0 Å². The van der Waals surface area contributed by atoms with Gasteiger partial charge in [-0.15, -0.1) is 11.3 Å². The van der Waals surface area contributed by atoms with Gasteiger partial charge in [-0.1, -0.05) is 48.5 Å². The topological polar surface area (TPSA) is 16.1 Å². The Morgan fingerprint density at radius 1 is 1.00 bits per heavy atom. The first-order valence-corrected chi connectivity index (χ1v) is 8.61. The molecule has 0 spiro atoms. The molecule has 4 rings (SSSR count). The van der Waals surface area contributed by atoms with E-state index in [4.69, 9.17) is 4.98 Å². The number of hydrogen-bond acceptors (Lipinski definition) is 3. The van der Waals surface area contributed by atoms with Crippen LogP contribution < -0.4 is 4.90 Å². The molecule has 0 saturated carbocycles. The van der Waals surface area contributed by atoms with Crippen LogP contribution in [0, 0.1) is 0 Å². The largest absolute Gasteiger partial charge is 0.365 e. The van der Waals surface area contributed by atoms with Crippen molar-refractivity contribution in [1.29, 1.82) is 0 Å². The highest BCUT2D eigenvalue weighted by atomic mass is 32.1. The Morgan fingerprint density at radius 2 is 1.82 bits per heavy atom. The van der Waals surface area contributed by atoms with Crippen LogP contribution in [0.3, 0.4) is 0 Å². The van der Waals surface area contributed by atoms with Crippen LogP contribution in [0.15, 0.2) is 60.0 Å². The summed E-state index contributed by atoms with van der Waals surface area (Å²) in [5, 5.41) is 3.31. The number of rotatable bonds is 3. The minimum atomic E-state index is 0.903. The highest BCUT2D eigenvalue weighted by molar-refractivity contribution is 7.13. The van der Waals surface area contributed by atoms with Crippen LogP contribution in [0.25, 0.3) is 10.6 Å². The highest BCUT2D eigenvalue weighted by Gasteiger charge is 2.17. The molecule has 0 radical (unpaired) electrons. The SMILES string of the molecule is c1ccc(-c2nc(CN3CCCc4ccccc43)cs2)cc1. The van der Waals surface area contributed by atoms with Crippen LogP contribution in [-0.4, -0.2) is 11.5 Å². The second kappa shape index (κ2) is 5.93. The van der Waals surface area contributed by atoms with Crippen molar-refractivity contribution in [3.05, 3.63) is 71.2 Å². The maximum absolute atomic E-state index is 4.82. The first kappa shape index (κ1) is 13.5. The lowest BCUT2D eigenvalue weighted by Crippen LogP contribution is -2.28. The van der Waals surface area contributed by atoms with Gasteiger partial charge in [0.15, 0.2) is 0 Å². The van der Waals surface area contributed by atoms with E-state index in [0.29, 0.717) is 0 Å². The fourth-order valence-corrected chi connectivity index (χ4v) is 3.88. The highest BCUT2D eigenvalue weighted by Crippen LogP contribution is 2.29. The molecule has 2 heterocycles. The zero-order chi connectivity index (χ0) is 14.8. The fraction of sp³-hybridized carbons (Fsp3) is 0.211. The lowest BCUT2D eigenvalue weighted by Gasteiger charge is -2.30. The van der Waals surface area contributed by atoms with Crippen molar-refractivity contribution >= 4 is 17.0 Å². The van der Waals surface area contributed by atoms with E-state index in [-0.39, 0.29) is 0 Å². The van der Waals surface area contributed by atoms with E-state index in [9.17, 15) is 0 Å². The van der Waals surface area contributed by atoms with E-state index in [1.165, 1.54) is 35.3 Å². The van der Waals surface area contributed by atoms with Gasteiger partial charge in [-0.3, -0.25) is 0 Å². The summed E-state index contributed by atoms with van der Waals surface area (Å²) in [6, 6.07) is 19.2. The van der Waals surface area contributed by atoms with Gasteiger partial charge in [-0.25, -0.2) is 4.98 Å². The molecule has 0 N–H and O–H groups in total. The number of hydrogen-bond donors (Lipinski definition) is 0. The van der Waals surface area contributed by atoms with Crippen LogP contribution in [0.4, 0.5) is 5.69 Å². The van der Waals surface area contributed by atoms with Crippen molar-refractivity contribution in [2.24, 2.45) is 0 Å². The second-order valence-electron chi connectivity index (χ2n) is 5.66. The standard InChI is InChI=1S/C19H18N2S/c1-2-8-16(9-3-1)19-20-17(14-22-19)13-21-12-6-10-15-7-4-5-11-18(15)21/h1-5,7-9,11,14H,6,10,12-13H2. The number of thiazole rings is 1. The Morgan fingerprint density at radius 3 is 2.73 bits per heavy atom. The first-order chi connectivity index (χ1) is 10.9. The Kier molecular flexibility index (Phi) is 3.65. The summed E-state index contributed by atoms with van der Waals surface area (Å²) in [7, 11) is 0. The Balaban J connectivity index is 1.57. The predicted molar refractivity (Wildman–Crippen MR) is 93.4 cm³/mol. The summed E-state index contributed by atoms with van der Waals surface area (Å²) in [5.41, 5.74) is 5.22. The van der Waals surface area contributed by atoms with Crippen molar-refractivity contribution < 1.29 is 0 Å². The molecular weight excluding hydrogens is 288 g/mol. The number of aromatic nitrogens is 1. The molecule has 0 atom stereocenters. The molecule has 1 aliphatic rings. The molecule has 0 bridgehead atoms. The zero-order valence-electron chi connectivity index (χ0n) is 12.4. The third kappa shape index (κ3) is 2.64. The average Bonchev–Trinajstić information content (AvgIpc) is 3.05. The second-order valence-corrected chi connectivity index (χ2v) is 6.52. The van der Waals surface area contributed by atoms with Gasteiger partial charge in [0.1, 0.15) is 5.01 Å². The Hall–Kier alpha value is -2.13. The van der Waals surface area contributed by atoms with Gasteiger partial charge in [-0.2, -0.15) is 0 Å². The first-order valence-electron chi connectivity index (χ1n) is 7.73. The van der Waals surface area contributed by atoms with Gasteiger partial charge in [0.25, 0.3) is 0 Å². The number of benzene rings is 2. The quantitative estimate of drug-likeness (QED) is 0.693. The third-order valence-corrected chi connectivity index (χ3v) is 5.07. The smallest absolute Gasteiger partial charge is 0.123 e. The molecule has 0 amide bonds. The van der Waals surface area contributed by atoms with Gasteiger partial charge in [0, 0.05) is 23.2 Å². The summed E-state index contributed by atoms with van der Waals surface area (Å²) in [6.45, 7) is 2.02. The molecule has 3 heteroatoms. The van der Waals surface area contributed by atoms with Crippen molar-refractivity contribution in [2.45, 2.75) is 19.4 Å². The molecule has 1 aliphatic heterocycles. The summed E-state index contributed by atoms with van der Waals surface area (Å²) in [5.74, 6) is 0. The normalized spacial score (nSPS) is 13.9. The van der Waals surface area contributed by atoms with Crippen LogP contribution in [0.1, 0.15) is 17.7 Å². The minimum absolute atomic E-state index is 0.903. The molecule has 2 aromatic carbocycles. The van der Waals surface area contributed by atoms with E-state index < -0.39 is 0 Å². The number of fused-ring (bicyclic) bond motifs is 1. The summed E-state index contributed by atoms with van der Waals surface area (Å²) in [4.78, 5) is 7.29. The molecular formula is C19H18N2S. The summed E-state index contributed by atoms with van der Waals surface area (Å²) in [6.07, 6.45) is 2.42. The summed E-state index contributed by atoms with van der Waals surface area (Å²) >= 11 is 1.73. The van der Waals surface area contributed by atoms with E-state index in [2.05, 4.69) is 58.8 Å². The number of anilines is 1. The lowest BCUT2D eigenvalue weighted by atomic mass is 10.0. The van der Waals surface area contributed by atoms with Crippen LogP contribution in [0.2, 0.25) is 0 Å². The maximum Gasteiger partial charge on any atom is 0.123 e. The molecule has 3 aromatic rings. The number of para-hydroxylation sites is 1. The van der Waals surface area contributed by atoms with Gasteiger partial charge in [-0.05, 0) is 24.5 Å². The molecule has 0 unspecified atom stereocenters. The molecule has 0 saturated heterocycles. The van der Waals surface area contributed by atoms with Crippen LogP contribution in [0.5, 0.6) is 0 Å². The van der Waals surface area contributed by atoms with E-state index >= 15 is 0 Å². The molecule has 22 heavy (non-hydrogen) atoms. The van der Waals surface area contributed by atoms with Crippen molar-refractivity contribution in [3.8, 4) is 10.6 Å². The van der Waals surface area contributed by atoms with E-state index in [0.717, 1.165) is 18.1 Å². The van der Waals surface area contributed by atoms with Crippen molar-refractivity contribution in [2.75, 3.05) is 11.4 Å².